The number of aromatic nitrogens is 3. The number of pyridine rings is 1. The Morgan fingerprint density at radius 2 is 1.63 bits per heavy atom. The zero-order valence-electron chi connectivity index (χ0n) is 33.7. The number of phosphoric acid groups is 1. The summed E-state index contributed by atoms with van der Waals surface area (Å²) in [5.41, 5.74) is 0.477. The van der Waals surface area contributed by atoms with Gasteiger partial charge in [-0.25, -0.2) is 18.8 Å². The van der Waals surface area contributed by atoms with E-state index in [-0.39, 0.29) is 55.0 Å². The third-order valence-electron chi connectivity index (χ3n) is 10.0. The zero-order chi connectivity index (χ0) is 43.9. The van der Waals surface area contributed by atoms with Gasteiger partial charge in [-0.1, -0.05) is 84.4 Å². The maximum absolute atomic E-state index is 14.4. The van der Waals surface area contributed by atoms with E-state index in [4.69, 9.17) is 39.4 Å². The lowest BCUT2D eigenvalue weighted by molar-refractivity contribution is -0.165. The number of halogens is 3. The molecule has 19 heteroatoms. The van der Waals surface area contributed by atoms with E-state index in [9.17, 15) is 27.7 Å². The highest BCUT2D eigenvalue weighted by Crippen LogP contribution is 2.54. The SMILES string of the molecule is CC(C)(OP(=O)(OCc1ccccc1)OCc1ccccc1)C(=O)OCN(Cc1ccc(Cl)cc1)C(=O)c1cc(O[C@H]2CCN3C(=O)OC[C@@H]3C2)c(-c2cnn(C(F)F)c2)cn1. The van der Waals surface area contributed by atoms with E-state index < -0.39 is 50.8 Å². The van der Waals surface area contributed by atoms with Crippen LogP contribution in [0.15, 0.2) is 110 Å². The normalized spacial score (nSPS) is 16.5. The van der Waals surface area contributed by atoms with Crippen LogP contribution in [-0.2, 0) is 52.2 Å². The van der Waals surface area contributed by atoms with Gasteiger partial charge in [0.25, 0.3) is 5.91 Å². The number of ether oxygens (including phenoxy) is 3. The van der Waals surface area contributed by atoms with Crippen molar-refractivity contribution in [3.8, 4) is 16.9 Å². The number of alkyl halides is 2. The van der Waals surface area contributed by atoms with Crippen molar-refractivity contribution in [2.24, 2.45) is 0 Å². The summed E-state index contributed by atoms with van der Waals surface area (Å²) >= 11 is 6.14. The summed E-state index contributed by atoms with van der Waals surface area (Å²) in [6.45, 7) is -0.666. The predicted octanol–water partition coefficient (Wildman–Crippen LogP) is 8.84. The minimum absolute atomic E-state index is 0.0849. The highest BCUT2D eigenvalue weighted by atomic mass is 35.5. The second-order valence-electron chi connectivity index (χ2n) is 15.0. The van der Waals surface area contributed by atoms with Crippen LogP contribution in [0.5, 0.6) is 5.75 Å². The monoisotopic (exact) mass is 893 g/mol. The van der Waals surface area contributed by atoms with Crippen LogP contribution in [0.3, 0.4) is 0 Å². The van der Waals surface area contributed by atoms with E-state index in [0.29, 0.717) is 45.8 Å². The predicted molar refractivity (Wildman–Crippen MR) is 220 cm³/mol. The van der Waals surface area contributed by atoms with Crippen molar-refractivity contribution in [3.63, 3.8) is 0 Å². The average Bonchev–Trinajstić information content (AvgIpc) is 3.92. The van der Waals surface area contributed by atoms with Crippen molar-refractivity contribution < 1.29 is 55.5 Å². The number of carbonyl (C=O) groups is 3. The molecule has 2 aliphatic heterocycles. The van der Waals surface area contributed by atoms with E-state index in [1.807, 2.05) is 12.1 Å². The van der Waals surface area contributed by atoms with Crippen LogP contribution in [0, 0.1) is 0 Å². The molecule has 2 amide bonds. The Bertz CT molecular complexity index is 2350. The minimum atomic E-state index is -4.46. The molecule has 0 spiro atoms. The molecule has 2 aliphatic rings. The third kappa shape index (κ3) is 11.2. The van der Waals surface area contributed by atoms with Crippen molar-refractivity contribution in [3.05, 3.63) is 137 Å². The van der Waals surface area contributed by atoms with Crippen LogP contribution < -0.4 is 4.74 Å². The van der Waals surface area contributed by atoms with Gasteiger partial charge in [0.2, 0.25) is 0 Å². The molecule has 0 N–H and O–H groups in total. The summed E-state index contributed by atoms with van der Waals surface area (Å²) in [4.78, 5) is 47.6. The largest absolute Gasteiger partial charge is 0.489 e. The zero-order valence-corrected chi connectivity index (χ0v) is 35.3. The van der Waals surface area contributed by atoms with Crippen molar-refractivity contribution in [1.82, 2.24) is 24.6 Å². The summed E-state index contributed by atoms with van der Waals surface area (Å²) in [7, 11) is -4.46. The molecular formula is C43H43ClF2N5O10P. The second kappa shape index (κ2) is 19.6. The molecule has 326 valence electrons. The van der Waals surface area contributed by atoms with Gasteiger partial charge in [-0.05, 0) is 42.7 Å². The van der Waals surface area contributed by atoms with Crippen LogP contribution >= 0.6 is 19.4 Å². The molecule has 0 aliphatic carbocycles. The number of piperidine rings is 1. The molecule has 7 rings (SSSR count). The number of benzene rings is 3. The molecule has 2 atom stereocenters. The standard InChI is InChI=1S/C43H43ClF2N5O10P/c1-43(2,61-62(55,58-25-30-9-5-3-6-10-30)59-26-31-11-7-4-8-12-31)40(53)57-28-49(23-29-13-15-33(44)16-14-29)39(52)37-20-38(36(22-47-37)32-21-48-51(24-32)41(45)46)60-35-17-18-50-34(19-35)27-56-42(50)54/h3-16,20-22,24,34-35,41H,17-19,23,25-28H2,1-2H3/t34-,35-/m0/s1. The Labute approximate surface area is 361 Å². The maximum Gasteiger partial charge on any atom is 0.476 e. The first-order chi connectivity index (χ1) is 29.7. The number of hydrogen-bond acceptors (Lipinski definition) is 12. The fourth-order valence-electron chi connectivity index (χ4n) is 6.72. The van der Waals surface area contributed by atoms with Gasteiger partial charge in [0.1, 0.15) is 24.2 Å². The number of amides is 2. The Balaban J connectivity index is 1.12. The van der Waals surface area contributed by atoms with Gasteiger partial charge in [-0.2, -0.15) is 13.9 Å². The highest BCUT2D eigenvalue weighted by molar-refractivity contribution is 7.48. The van der Waals surface area contributed by atoms with E-state index in [1.165, 1.54) is 37.2 Å². The van der Waals surface area contributed by atoms with Gasteiger partial charge >= 0.3 is 26.4 Å². The molecular weight excluding hydrogens is 851 g/mol. The van der Waals surface area contributed by atoms with Gasteiger partial charge < -0.3 is 19.1 Å². The first kappa shape index (κ1) is 44.3. The van der Waals surface area contributed by atoms with Gasteiger partial charge in [0.15, 0.2) is 12.3 Å². The first-order valence-electron chi connectivity index (χ1n) is 19.6. The number of phosphoric ester groups is 1. The van der Waals surface area contributed by atoms with E-state index in [2.05, 4.69) is 10.1 Å². The lowest BCUT2D eigenvalue weighted by Crippen LogP contribution is -2.44. The summed E-state index contributed by atoms with van der Waals surface area (Å²) < 4.78 is 76.4. The summed E-state index contributed by atoms with van der Waals surface area (Å²) in [5.74, 6) is -1.54. The number of nitrogens with zero attached hydrogens (tertiary/aromatic N) is 5. The van der Waals surface area contributed by atoms with E-state index in [1.54, 1.807) is 77.7 Å². The molecule has 2 aromatic heterocycles. The minimum Gasteiger partial charge on any atom is -0.489 e. The van der Waals surface area contributed by atoms with Crippen molar-refractivity contribution in [1.29, 1.82) is 0 Å². The number of esters is 1. The number of cyclic esters (lactones) is 1. The highest BCUT2D eigenvalue weighted by Gasteiger charge is 2.42. The van der Waals surface area contributed by atoms with Gasteiger partial charge in [0, 0.05) is 60.5 Å². The molecule has 0 bridgehead atoms. The molecule has 4 heterocycles. The fourth-order valence-corrected chi connectivity index (χ4v) is 8.28. The Morgan fingerprint density at radius 3 is 2.26 bits per heavy atom. The molecule has 2 fully saturated rings. The van der Waals surface area contributed by atoms with Crippen molar-refractivity contribution >= 4 is 37.4 Å². The van der Waals surface area contributed by atoms with Gasteiger partial charge in [0.05, 0.1) is 25.5 Å². The molecule has 0 radical (unpaired) electrons. The van der Waals surface area contributed by atoms with E-state index >= 15 is 0 Å². The molecule has 15 nitrogen and oxygen atoms in total. The van der Waals surface area contributed by atoms with Crippen LogP contribution in [0.25, 0.3) is 11.1 Å². The summed E-state index contributed by atoms with van der Waals surface area (Å²) in [6, 6.07) is 25.7. The second-order valence-corrected chi connectivity index (χ2v) is 17.0. The smallest absolute Gasteiger partial charge is 0.476 e. The molecule has 62 heavy (non-hydrogen) atoms. The number of carbonyl (C=O) groups excluding carboxylic acids is 3. The molecule has 0 saturated carbocycles. The average molecular weight is 894 g/mol. The molecule has 2 saturated heterocycles. The Kier molecular flexibility index (Phi) is 14.0. The van der Waals surface area contributed by atoms with Crippen LogP contribution in [0.1, 0.15) is 60.4 Å². The van der Waals surface area contributed by atoms with Gasteiger partial charge in [-0.15, -0.1) is 0 Å². The van der Waals surface area contributed by atoms with E-state index in [0.717, 1.165) is 6.20 Å². The van der Waals surface area contributed by atoms with Crippen LogP contribution in [-0.4, -0.2) is 80.2 Å². The molecule has 0 unspecified atom stereocenters. The Hall–Kier alpha value is -5.71. The molecule has 3 aromatic carbocycles. The Morgan fingerprint density at radius 1 is 0.968 bits per heavy atom. The lowest BCUT2D eigenvalue weighted by Gasteiger charge is -2.33. The fraction of sp³-hybridized carbons (Fsp3) is 0.326. The third-order valence-corrected chi connectivity index (χ3v) is 11.8. The summed E-state index contributed by atoms with van der Waals surface area (Å²) in [6.07, 6.45) is 3.71. The van der Waals surface area contributed by atoms with Crippen molar-refractivity contribution in [2.45, 2.75) is 70.7 Å². The number of rotatable bonds is 18. The quantitative estimate of drug-likeness (QED) is 0.0468. The van der Waals surface area contributed by atoms with Crippen LogP contribution in [0.4, 0.5) is 13.6 Å². The topological polar surface area (TPSA) is 161 Å². The maximum atomic E-state index is 14.4. The summed E-state index contributed by atoms with van der Waals surface area (Å²) in [5, 5.41) is 4.20. The van der Waals surface area contributed by atoms with Crippen molar-refractivity contribution in [2.75, 3.05) is 19.9 Å². The number of fused-ring (bicyclic) bond motifs is 1. The van der Waals surface area contributed by atoms with Crippen LogP contribution in [0.2, 0.25) is 5.02 Å². The first-order valence-corrected chi connectivity index (χ1v) is 21.4. The number of hydrogen-bond donors (Lipinski definition) is 0. The lowest BCUT2D eigenvalue weighted by atomic mass is 10.0. The van der Waals surface area contributed by atoms with Gasteiger partial charge in [-0.3, -0.25) is 28.2 Å². The molecule has 5 aromatic rings.